The number of hydrogen-bond donors (Lipinski definition) is 3. The molecule has 0 spiro atoms. The third kappa shape index (κ3) is 1640. The van der Waals surface area contributed by atoms with Gasteiger partial charge in [-0.3, -0.25) is 9.11 Å². The minimum atomic E-state index is -4.67. The molecule has 0 aromatic rings. The molecule has 62 valence electrons. The number of hydrogen-bond acceptors (Lipinski definition) is 3. The quantitative estimate of drug-likeness (QED) is 0.374. The van der Waals surface area contributed by atoms with E-state index in [-0.39, 0.29) is 27.8 Å². The van der Waals surface area contributed by atoms with Crippen LogP contribution in [0.15, 0.2) is 0 Å². The van der Waals surface area contributed by atoms with Crippen molar-refractivity contribution in [3.05, 3.63) is 0 Å². The van der Waals surface area contributed by atoms with Gasteiger partial charge in [-0.05, 0) is 13.8 Å². The molecule has 0 saturated heterocycles. The van der Waals surface area contributed by atoms with E-state index in [1.807, 2.05) is 0 Å². The first-order chi connectivity index (χ1) is 3.73. The number of aliphatic hydroxyl groups is 1. The largest absolute Gasteiger partial charge is 0.394 e. The first-order valence-electron chi connectivity index (χ1n) is 2.11. The Balaban J connectivity index is -0.0000000910. The van der Waals surface area contributed by atoms with Gasteiger partial charge in [0.25, 0.3) is 0 Å². The van der Waals surface area contributed by atoms with Crippen LogP contribution in [0.3, 0.4) is 0 Å². The van der Waals surface area contributed by atoms with Crippen molar-refractivity contribution in [1.29, 1.82) is 0 Å². The standard InChI is InChI=1S/C3H8O.H2O4S.Ti/c1-3(2)4;1-5(2,3)4;/h3-4H,1-2H3;(H2,1,2,3,4);. The second-order valence-corrected chi connectivity index (χ2v) is 2.44. The summed E-state index contributed by atoms with van der Waals surface area (Å²) in [5.74, 6) is 0. The Bertz CT molecular complexity index is 128. The first-order valence-corrected chi connectivity index (χ1v) is 3.51. The number of aliphatic hydroxyl groups excluding tert-OH is 1. The van der Waals surface area contributed by atoms with Crippen LogP contribution in [-0.2, 0) is 32.1 Å². The van der Waals surface area contributed by atoms with Crippen LogP contribution < -0.4 is 0 Å². The van der Waals surface area contributed by atoms with Crippen LogP contribution >= 0.6 is 0 Å². The fourth-order valence-corrected chi connectivity index (χ4v) is 0. The predicted octanol–water partition coefficient (Wildman–Crippen LogP) is -0.268. The normalized spacial score (nSPS) is 9.40. The molecule has 3 N–H and O–H groups in total. The van der Waals surface area contributed by atoms with Gasteiger partial charge in [0.15, 0.2) is 0 Å². The molecule has 0 aromatic carbocycles. The average Bonchev–Trinajstić information content (AvgIpc) is 1.19. The van der Waals surface area contributed by atoms with Crippen LogP contribution in [0.25, 0.3) is 0 Å². The third-order valence-corrected chi connectivity index (χ3v) is 0. The molecule has 10 heavy (non-hydrogen) atoms. The summed E-state index contributed by atoms with van der Waals surface area (Å²) < 4.78 is 31.6. The van der Waals surface area contributed by atoms with Crippen molar-refractivity contribution in [2.45, 2.75) is 20.0 Å². The van der Waals surface area contributed by atoms with E-state index in [2.05, 4.69) is 0 Å². The van der Waals surface area contributed by atoms with Crippen LogP contribution in [0, 0.1) is 0 Å². The maximum absolute atomic E-state index is 8.74. The molecule has 0 amide bonds. The minimum Gasteiger partial charge on any atom is -0.394 e. The Morgan fingerprint density at radius 2 is 1.20 bits per heavy atom. The van der Waals surface area contributed by atoms with Crippen LogP contribution in [0.5, 0.6) is 0 Å². The molecule has 0 aliphatic rings. The van der Waals surface area contributed by atoms with E-state index in [0.29, 0.717) is 0 Å². The molecule has 0 fully saturated rings. The van der Waals surface area contributed by atoms with E-state index in [4.69, 9.17) is 22.6 Å². The maximum Gasteiger partial charge on any atom is 0.394 e. The molecule has 0 rings (SSSR count). The van der Waals surface area contributed by atoms with Gasteiger partial charge in [-0.25, -0.2) is 0 Å². The molecule has 0 unspecified atom stereocenters. The van der Waals surface area contributed by atoms with E-state index in [1.165, 1.54) is 0 Å². The molecule has 0 atom stereocenters. The van der Waals surface area contributed by atoms with E-state index >= 15 is 0 Å². The van der Waals surface area contributed by atoms with Gasteiger partial charge in [0.2, 0.25) is 0 Å². The van der Waals surface area contributed by atoms with Crippen molar-refractivity contribution >= 4 is 10.4 Å². The molecular formula is C3H10O5STi. The smallest absolute Gasteiger partial charge is 0.394 e. The first kappa shape index (κ1) is 16.9. The monoisotopic (exact) mass is 206 g/mol. The number of rotatable bonds is 0. The second-order valence-electron chi connectivity index (χ2n) is 1.54. The summed E-state index contributed by atoms with van der Waals surface area (Å²) in [6, 6.07) is 0. The zero-order chi connectivity index (χ0) is 8.08. The van der Waals surface area contributed by atoms with Gasteiger partial charge in [-0.15, -0.1) is 0 Å². The molecule has 0 bridgehead atoms. The molecule has 0 aliphatic carbocycles. The molecule has 0 heterocycles. The van der Waals surface area contributed by atoms with Gasteiger partial charge in [0.1, 0.15) is 0 Å². The SMILES string of the molecule is CC(C)O.O=S(=O)(O)O.[Ti]. The Kier molecular flexibility index (Phi) is 12.9. The summed E-state index contributed by atoms with van der Waals surface area (Å²) in [5, 5.41) is 8.06. The Morgan fingerprint density at radius 3 is 1.20 bits per heavy atom. The van der Waals surface area contributed by atoms with Gasteiger partial charge >= 0.3 is 10.4 Å². The summed E-state index contributed by atoms with van der Waals surface area (Å²) in [7, 11) is -4.67. The van der Waals surface area contributed by atoms with E-state index in [0.717, 1.165) is 0 Å². The van der Waals surface area contributed by atoms with Crippen molar-refractivity contribution in [2.75, 3.05) is 0 Å². The second kappa shape index (κ2) is 7.65. The van der Waals surface area contributed by atoms with Crippen molar-refractivity contribution in [1.82, 2.24) is 0 Å². The van der Waals surface area contributed by atoms with Gasteiger partial charge < -0.3 is 5.11 Å². The van der Waals surface area contributed by atoms with E-state index < -0.39 is 10.4 Å². The minimum absolute atomic E-state index is 0. The fourth-order valence-electron chi connectivity index (χ4n) is 0. The van der Waals surface area contributed by atoms with Crippen LogP contribution in [0.2, 0.25) is 0 Å². The molecule has 0 aliphatic heterocycles. The van der Waals surface area contributed by atoms with Gasteiger partial charge in [-0.2, -0.15) is 8.42 Å². The van der Waals surface area contributed by atoms with Crippen molar-refractivity contribution in [2.24, 2.45) is 0 Å². The third-order valence-electron chi connectivity index (χ3n) is 0. The molecule has 7 heteroatoms. The summed E-state index contributed by atoms with van der Waals surface area (Å²) in [6.07, 6.45) is -0.167. The van der Waals surface area contributed by atoms with Gasteiger partial charge in [0, 0.05) is 27.8 Å². The van der Waals surface area contributed by atoms with Gasteiger partial charge in [-0.1, -0.05) is 0 Å². The molecule has 0 radical (unpaired) electrons. The molecular weight excluding hydrogens is 196 g/mol. The molecule has 0 saturated carbocycles. The summed E-state index contributed by atoms with van der Waals surface area (Å²) in [6.45, 7) is 3.44. The van der Waals surface area contributed by atoms with Crippen LogP contribution in [-0.4, -0.2) is 28.7 Å². The topological polar surface area (TPSA) is 94.8 Å². The van der Waals surface area contributed by atoms with Crippen LogP contribution in [0.4, 0.5) is 0 Å². The summed E-state index contributed by atoms with van der Waals surface area (Å²) >= 11 is 0. The Morgan fingerprint density at radius 1 is 1.20 bits per heavy atom. The molecule has 5 nitrogen and oxygen atoms in total. The van der Waals surface area contributed by atoms with Crippen molar-refractivity contribution in [3.63, 3.8) is 0 Å². The zero-order valence-electron chi connectivity index (χ0n) is 5.64. The van der Waals surface area contributed by atoms with Crippen molar-refractivity contribution in [3.8, 4) is 0 Å². The van der Waals surface area contributed by atoms with Crippen molar-refractivity contribution < 1.29 is 44.3 Å². The molecule has 0 aromatic heterocycles. The summed E-state index contributed by atoms with van der Waals surface area (Å²) in [4.78, 5) is 0. The van der Waals surface area contributed by atoms with E-state index in [9.17, 15) is 0 Å². The van der Waals surface area contributed by atoms with Crippen LogP contribution in [0.1, 0.15) is 13.8 Å². The van der Waals surface area contributed by atoms with E-state index in [1.54, 1.807) is 13.8 Å². The average molecular weight is 206 g/mol. The fraction of sp³-hybridized carbons (Fsp3) is 1.00. The Labute approximate surface area is 74.9 Å². The summed E-state index contributed by atoms with van der Waals surface area (Å²) in [5.41, 5.74) is 0. The maximum atomic E-state index is 8.74. The van der Waals surface area contributed by atoms with Gasteiger partial charge in [0.05, 0.1) is 0 Å². The zero-order valence-corrected chi connectivity index (χ0v) is 8.02. The predicted molar refractivity (Wildman–Crippen MR) is 31.5 cm³/mol. The Hall–Kier alpha value is 0.544.